The summed E-state index contributed by atoms with van der Waals surface area (Å²) in [4.78, 5) is 26.0. The van der Waals surface area contributed by atoms with Crippen LogP contribution in [0.2, 0.25) is 0 Å². The fourth-order valence-corrected chi connectivity index (χ4v) is 1.89. The average molecular weight is 180 g/mol. The minimum atomic E-state index is -0.162. The van der Waals surface area contributed by atoms with Gasteiger partial charge in [-0.3, -0.25) is 14.5 Å². The first kappa shape index (κ1) is 8.44. The second kappa shape index (κ2) is 2.96. The maximum atomic E-state index is 11.3. The van der Waals surface area contributed by atoms with Gasteiger partial charge >= 0.3 is 0 Å². The lowest BCUT2D eigenvalue weighted by atomic mass is 10.2. The number of hydrogen-bond donors (Lipinski definition) is 0. The summed E-state index contributed by atoms with van der Waals surface area (Å²) in [7, 11) is 2.00. The molecule has 0 aromatic heterocycles. The van der Waals surface area contributed by atoms with Gasteiger partial charge in [-0.2, -0.15) is 0 Å². The third-order valence-electron chi connectivity index (χ3n) is 2.57. The summed E-state index contributed by atoms with van der Waals surface area (Å²) >= 11 is 0. The average Bonchev–Trinajstić information content (AvgIpc) is 2.60. The van der Waals surface area contributed by atoms with Crippen molar-refractivity contribution in [3.8, 4) is 0 Å². The normalized spacial score (nSPS) is 29.3. The fourth-order valence-electron chi connectivity index (χ4n) is 1.89. The molecule has 1 fully saturated rings. The summed E-state index contributed by atoms with van der Waals surface area (Å²) < 4.78 is 0. The molecular formula is C9H12N2O2. The van der Waals surface area contributed by atoms with E-state index in [2.05, 4.69) is 4.90 Å². The van der Waals surface area contributed by atoms with Crippen molar-refractivity contribution in [2.45, 2.75) is 12.5 Å². The van der Waals surface area contributed by atoms with Crippen LogP contribution < -0.4 is 0 Å². The van der Waals surface area contributed by atoms with Crippen LogP contribution in [0.4, 0.5) is 0 Å². The van der Waals surface area contributed by atoms with Gasteiger partial charge in [-0.15, -0.1) is 0 Å². The maximum Gasteiger partial charge on any atom is 0.253 e. The molecule has 1 atom stereocenters. The molecule has 0 bridgehead atoms. The highest BCUT2D eigenvalue weighted by molar-refractivity contribution is 6.13. The molecule has 2 rings (SSSR count). The molecule has 0 aliphatic carbocycles. The molecule has 0 radical (unpaired) electrons. The van der Waals surface area contributed by atoms with Crippen LogP contribution in [0.5, 0.6) is 0 Å². The minimum Gasteiger partial charge on any atom is -0.304 e. The number of rotatable bonds is 1. The van der Waals surface area contributed by atoms with Crippen molar-refractivity contribution in [1.29, 1.82) is 0 Å². The van der Waals surface area contributed by atoms with Gasteiger partial charge in [0, 0.05) is 18.7 Å². The van der Waals surface area contributed by atoms with Gasteiger partial charge in [0.1, 0.15) is 0 Å². The molecule has 4 heteroatoms. The van der Waals surface area contributed by atoms with Gasteiger partial charge in [0.2, 0.25) is 0 Å². The molecule has 70 valence electrons. The summed E-state index contributed by atoms with van der Waals surface area (Å²) in [5.74, 6) is -0.324. The topological polar surface area (TPSA) is 40.6 Å². The molecule has 2 aliphatic rings. The van der Waals surface area contributed by atoms with E-state index in [1.54, 1.807) is 0 Å². The summed E-state index contributed by atoms with van der Waals surface area (Å²) in [6.07, 6.45) is 3.59. The molecule has 0 saturated carbocycles. The number of carbonyl (C=O) groups is 2. The molecule has 0 aromatic rings. The van der Waals surface area contributed by atoms with Crippen molar-refractivity contribution in [1.82, 2.24) is 9.80 Å². The van der Waals surface area contributed by atoms with Crippen molar-refractivity contribution in [2.75, 3.05) is 20.1 Å². The van der Waals surface area contributed by atoms with E-state index < -0.39 is 0 Å². The summed E-state index contributed by atoms with van der Waals surface area (Å²) in [5.41, 5.74) is 0. The molecule has 0 aromatic carbocycles. The molecule has 0 spiro atoms. The van der Waals surface area contributed by atoms with E-state index in [1.807, 2.05) is 7.05 Å². The van der Waals surface area contributed by atoms with Crippen LogP contribution in [-0.2, 0) is 9.59 Å². The van der Waals surface area contributed by atoms with Gasteiger partial charge in [-0.1, -0.05) is 0 Å². The Labute approximate surface area is 76.8 Å². The predicted molar refractivity (Wildman–Crippen MR) is 46.9 cm³/mol. The number of likely N-dealkylation sites (tertiary alicyclic amines) is 1. The quantitative estimate of drug-likeness (QED) is 0.516. The summed E-state index contributed by atoms with van der Waals surface area (Å²) in [5, 5.41) is 0. The zero-order chi connectivity index (χ0) is 9.42. The highest BCUT2D eigenvalue weighted by Crippen LogP contribution is 2.17. The number of hydrogen-bond acceptors (Lipinski definition) is 3. The Morgan fingerprint density at radius 3 is 2.38 bits per heavy atom. The highest BCUT2D eigenvalue weighted by atomic mass is 16.2. The van der Waals surface area contributed by atoms with Crippen molar-refractivity contribution in [3.63, 3.8) is 0 Å². The largest absolute Gasteiger partial charge is 0.304 e. The number of likely N-dealkylation sites (N-methyl/N-ethyl adjacent to an activating group) is 1. The predicted octanol–water partition coefficient (Wildman–Crippen LogP) is -0.385. The van der Waals surface area contributed by atoms with E-state index in [0.29, 0.717) is 0 Å². The van der Waals surface area contributed by atoms with Gasteiger partial charge in [0.15, 0.2) is 0 Å². The van der Waals surface area contributed by atoms with Crippen molar-refractivity contribution in [2.24, 2.45) is 0 Å². The van der Waals surface area contributed by atoms with E-state index in [0.717, 1.165) is 19.5 Å². The minimum absolute atomic E-state index is 0.0833. The molecule has 1 saturated heterocycles. The highest BCUT2D eigenvalue weighted by Gasteiger charge is 2.34. The smallest absolute Gasteiger partial charge is 0.253 e. The summed E-state index contributed by atoms with van der Waals surface area (Å²) in [6, 6.07) is 0.0833. The molecule has 13 heavy (non-hydrogen) atoms. The Morgan fingerprint density at radius 2 is 1.92 bits per heavy atom. The second-order valence-corrected chi connectivity index (χ2v) is 3.58. The van der Waals surface area contributed by atoms with Crippen LogP contribution >= 0.6 is 0 Å². The second-order valence-electron chi connectivity index (χ2n) is 3.58. The Balaban J connectivity index is 2.09. The first-order valence-electron chi connectivity index (χ1n) is 4.42. The van der Waals surface area contributed by atoms with Gasteiger partial charge in [0.25, 0.3) is 11.8 Å². The molecule has 2 amide bonds. The molecular weight excluding hydrogens is 168 g/mol. The molecule has 2 aliphatic heterocycles. The molecule has 1 unspecified atom stereocenters. The Morgan fingerprint density at radius 1 is 1.31 bits per heavy atom. The maximum absolute atomic E-state index is 11.3. The Bertz CT molecular complexity index is 267. The zero-order valence-electron chi connectivity index (χ0n) is 7.56. The molecule has 4 nitrogen and oxygen atoms in total. The number of nitrogens with zero attached hydrogens (tertiary/aromatic N) is 2. The Hall–Kier alpha value is -1.16. The van der Waals surface area contributed by atoms with Gasteiger partial charge in [-0.05, 0) is 20.0 Å². The number of imide groups is 1. The lowest BCUT2D eigenvalue weighted by Gasteiger charge is -2.21. The van der Waals surface area contributed by atoms with Crippen LogP contribution in [0.25, 0.3) is 0 Å². The molecule has 0 N–H and O–H groups in total. The lowest BCUT2D eigenvalue weighted by Crippen LogP contribution is -2.41. The lowest BCUT2D eigenvalue weighted by molar-refractivity contribution is -0.139. The van der Waals surface area contributed by atoms with E-state index >= 15 is 0 Å². The zero-order valence-corrected chi connectivity index (χ0v) is 7.56. The van der Waals surface area contributed by atoms with Crippen molar-refractivity contribution in [3.05, 3.63) is 12.2 Å². The van der Waals surface area contributed by atoms with E-state index in [4.69, 9.17) is 0 Å². The van der Waals surface area contributed by atoms with Gasteiger partial charge < -0.3 is 4.90 Å². The molecule has 2 heterocycles. The first-order valence-corrected chi connectivity index (χ1v) is 4.42. The third-order valence-corrected chi connectivity index (χ3v) is 2.57. The van der Waals surface area contributed by atoms with E-state index in [1.165, 1.54) is 17.1 Å². The number of carbonyl (C=O) groups excluding carboxylic acids is 2. The SMILES string of the molecule is CN1CCC(N2C(=O)C=CC2=O)C1. The van der Waals surface area contributed by atoms with Gasteiger partial charge in [0.05, 0.1) is 6.04 Å². The third kappa shape index (κ3) is 1.37. The van der Waals surface area contributed by atoms with E-state index in [-0.39, 0.29) is 17.9 Å². The van der Waals surface area contributed by atoms with Crippen LogP contribution in [0, 0.1) is 0 Å². The van der Waals surface area contributed by atoms with Crippen molar-refractivity contribution < 1.29 is 9.59 Å². The summed E-state index contributed by atoms with van der Waals surface area (Å²) in [6.45, 7) is 1.76. The Kier molecular flexibility index (Phi) is 1.92. The van der Waals surface area contributed by atoms with Crippen LogP contribution in [0.3, 0.4) is 0 Å². The van der Waals surface area contributed by atoms with Crippen LogP contribution in [0.15, 0.2) is 12.2 Å². The van der Waals surface area contributed by atoms with Crippen LogP contribution in [0.1, 0.15) is 6.42 Å². The fraction of sp³-hybridized carbons (Fsp3) is 0.556. The van der Waals surface area contributed by atoms with Crippen LogP contribution in [-0.4, -0.2) is 47.8 Å². The van der Waals surface area contributed by atoms with Crippen molar-refractivity contribution >= 4 is 11.8 Å². The number of amides is 2. The standard InChI is InChI=1S/C9H12N2O2/c1-10-5-4-7(6-10)11-8(12)2-3-9(11)13/h2-3,7H,4-6H2,1H3. The van der Waals surface area contributed by atoms with Gasteiger partial charge in [-0.25, -0.2) is 0 Å². The van der Waals surface area contributed by atoms with E-state index in [9.17, 15) is 9.59 Å². The first-order chi connectivity index (χ1) is 6.18. The monoisotopic (exact) mass is 180 g/mol.